The number of rotatable bonds is 3. The molecule has 4 heteroatoms. The van der Waals surface area contributed by atoms with Crippen LogP contribution in [0.4, 0.5) is 0 Å². The van der Waals surface area contributed by atoms with E-state index in [9.17, 15) is 0 Å². The zero-order valence-electron chi connectivity index (χ0n) is 23.2. The van der Waals surface area contributed by atoms with Crippen molar-refractivity contribution in [3.8, 4) is 0 Å². The average molecular weight is 569 g/mol. The molecule has 0 radical (unpaired) electrons. The van der Waals surface area contributed by atoms with Crippen molar-refractivity contribution in [2.45, 2.75) is 0 Å². The molecule has 2 aromatic heterocycles. The molecule has 9 aromatic rings. The Labute approximate surface area is 248 Å². The summed E-state index contributed by atoms with van der Waals surface area (Å²) in [5.74, 6) is 0. The number of imidazole rings is 1. The number of fused-ring (bicyclic) bond motifs is 11. The van der Waals surface area contributed by atoms with Crippen LogP contribution >= 0.6 is 7.14 Å². The highest BCUT2D eigenvalue weighted by Gasteiger charge is 2.30. The van der Waals surface area contributed by atoms with Crippen molar-refractivity contribution in [2.75, 3.05) is 0 Å². The molecule has 0 fully saturated rings. The van der Waals surface area contributed by atoms with Gasteiger partial charge in [0.15, 0.2) is 7.14 Å². The molecule has 0 N–H and O–H groups in total. The summed E-state index contributed by atoms with van der Waals surface area (Å²) in [4.78, 5) is 5.33. The van der Waals surface area contributed by atoms with Gasteiger partial charge in [-0.3, -0.25) is 4.40 Å². The lowest BCUT2D eigenvalue weighted by Gasteiger charge is -2.20. The number of nitrogens with zero attached hydrogens (tertiary/aromatic N) is 2. The van der Waals surface area contributed by atoms with E-state index < -0.39 is 7.14 Å². The molecule has 202 valence electrons. The van der Waals surface area contributed by atoms with Gasteiger partial charge in [-0.2, -0.15) is 0 Å². The third-order valence-electron chi connectivity index (χ3n) is 8.79. The molecule has 0 saturated heterocycles. The largest absolute Gasteiger partial charge is 0.309 e. The lowest BCUT2D eigenvalue weighted by Crippen LogP contribution is -2.24. The number of hydrogen-bond acceptors (Lipinski definition) is 2. The first-order valence-corrected chi connectivity index (χ1v) is 16.2. The number of aromatic nitrogens is 2. The van der Waals surface area contributed by atoms with Gasteiger partial charge in [0.25, 0.3) is 0 Å². The first-order valence-electron chi connectivity index (χ1n) is 14.5. The van der Waals surface area contributed by atoms with E-state index in [0.717, 1.165) is 43.5 Å². The second-order valence-electron chi connectivity index (χ2n) is 11.1. The fraction of sp³-hybridized carbons (Fsp3) is 0. The molecule has 3 nitrogen and oxygen atoms in total. The highest BCUT2D eigenvalue weighted by molar-refractivity contribution is 7.85. The maximum Gasteiger partial charge on any atom is 0.171 e. The van der Waals surface area contributed by atoms with Gasteiger partial charge < -0.3 is 4.57 Å². The molecular formula is C39H25N2OP. The van der Waals surface area contributed by atoms with E-state index in [1.807, 2.05) is 72.8 Å². The van der Waals surface area contributed by atoms with Crippen LogP contribution in [0, 0.1) is 0 Å². The molecule has 0 aliphatic carbocycles. The van der Waals surface area contributed by atoms with Crippen LogP contribution in [0.1, 0.15) is 0 Å². The van der Waals surface area contributed by atoms with Crippen LogP contribution in [0.5, 0.6) is 0 Å². The van der Waals surface area contributed by atoms with Gasteiger partial charge in [0.05, 0.1) is 16.6 Å². The van der Waals surface area contributed by atoms with Crippen LogP contribution in [0.3, 0.4) is 0 Å². The summed E-state index contributed by atoms with van der Waals surface area (Å²) >= 11 is 0. The first kappa shape index (κ1) is 24.4. The van der Waals surface area contributed by atoms with Gasteiger partial charge in [-0.25, -0.2) is 4.98 Å². The van der Waals surface area contributed by atoms with E-state index >= 15 is 4.57 Å². The molecular weight excluding hydrogens is 543 g/mol. The van der Waals surface area contributed by atoms with E-state index in [2.05, 4.69) is 83.3 Å². The summed E-state index contributed by atoms with van der Waals surface area (Å²) in [6.45, 7) is 0. The van der Waals surface area contributed by atoms with Crippen molar-refractivity contribution in [1.82, 2.24) is 9.38 Å². The fourth-order valence-corrected chi connectivity index (χ4v) is 9.43. The van der Waals surface area contributed by atoms with Crippen LogP contribution in [-0.4, -0.2) is 9.38 Å². The van der Waals surface area contributed by atoms with Crippen molar-refractivity contribution in [3.05, 3.63) is 152 Å². The molecule has 2 heterocycles. The Hall–Kier alpha value is -5.24. The molecule has 0 aliphatic rings. The molecule has 0 atom stereocenters. The minimum Gasteiger partial charge on any atom is -0.309 e. The van der Waals surface area contributed by atoms with Gasteiger partial charge in [-0.1, -0.05) is 121 Å². The lowest BCUT2D eigenvalue weighted by molar-refractivity contribution is 0.592. The quantitative estimate of drug-likeness (QED) is 0.121. The van der Waals surface area contributed by atoms with Crippen LogP contribution in [0.15, 0.2) is 152 Å². The third-order valence-corrected chi connectivity index (χ3v) is 11.8. The normalized spacial score (nSPS) is 12.3. The zero-order chi connectivity index (χ0) is 28.5. The Morgan fingerprint density at radius 1 is 0.465 bits per heavy atom. The Morgan fingerprint density at radius 3 is 1.81 bits per heavy atom. The SMILES string of the molecule is O=P(c1ccccc1)(c1ccccc1)c1ccc2c(c1)nc1c3c4ccccc4ccc3c3cc4ccccc4cc3n21. The molecule has 0 saturated carbocycles. The first-order chi connectivity index (χ1) is 21.2. The summed E-state index contributed by atoms with van der Waals surface area (Å²) < 4.78 is 17.5. The van der Waals surface area contributed by atoms with Crippen LogP contribution in [-0.2, 0) is 4.57 Å². The number of hydrogen-bond donors (Lipinski definition) is 0. The predicted octanol–water partition coefficient (Wildman–Crippen LogP) is 8.74. The Bertz CT molecular complexity index is 2540. The van der Waals surface area contributed by atoms with Gasteiger partial charge in [-0.05, 0) is 57.3 Å². The number of pyridine rings is 1. The van der Waals surface area contributed by atoms with Gasteiger partial charge in [0.2, 0.25) is 0 Å². The topological polar surface area (TPSA) is 34.4 Å². The van der Waals surface area contributed by atoms with Crippen molar-refractivity contribution >= 4 is 83.0 Å². The molecule has 0 aliphatic heterocycles. The molecule has 7 aromatic carbocycles. The highest BCUT2D eigenvalue weighted by Crippen LogP contribution is 2.44. The van der Waals surface area contributed by atoms with E-state index in [0.29, 0.717) is 0 Å². The van der Waals surface area contributed by atoms with E-state index in [1.165, 1.54) is 32.3 Å². The summed E-state index contributed by atoms with van der Waals surface area (Å²) in [5.41, 5.74) is 3.86. The van der Waals surface area contributed by atoms with Crippen LogP contribution in [0.25, 0.3) is 59.9 Å². The standard InChI is InChI=1S/C39H25N2OP/c42-43(29-14-3-1-4-15-29,30-16-5-2-6-17-30)31-20-22-36-35(25-31)40-39-38-32-18-10-9-11-26(32)19-21-33(38)34-23-27-12-7-8-13-28(27)24-37(34)41(36)39/h1-25H. The summed E-state index contributed by atoms with van der Waals surface area (Å²) in [6, 6.07) is 51.9. The summed E-state index contributed by atoms with van der Waals surface area (Å²) in [7, 11) is -3.14. The van der Waals surface area contributed by atoms with Crippen molar-refractivity contribution < 1.29 is 4.57 Å². The second-order valence-corrected chi connectivity index (χ2v) is 13.9. The van der Waals surface area contributed by atoms with Crippen molar-refractivity contribution in [3.63, 3.8) is 0 Å². The zero-order valence-corrected chi connectivity index (χ0v) is 24.1. The smallest absolute Gasteiger partial charge is 0.171 e. The molecule has 0 spiro atoms. The molecule has 0 amide bonds. The Kier molecular flexibility index (Phi) is 5.17. The Balaban J connectivity index is 1.44. The monoisotopic (exact) mass is 568 g/mol. The minimum atomic E-state index is -3.14. The van der Waals surface area contributed by atoms with Gasteiger partial charge in [0, 0.05) is 26.7 Å². The van der Waals surface area contributed by atoms with E-state index in [4.69, 9.17) is 4.98 Å². The third kappa shape index (κ3) is 3.49. The molecule has 9 rings (SSSR count). The number of benzene rings is 7. The van der Waals surface area contributed by atoms with Crippen LogP contribution < -0.4 is 15.9 Å². The van der Waals surface area contributed by atoms with E-state index in [-0.39, 0.29) is 0 Å². The maximum atomic E-state index is 15.2. The molecule has 43 heavy (non-hydrogen) atoms. The van der Waals surface area contributed by atoms with Crippen molar-refractivity contribution in [2.24, 2.45) is 0 Å². The maximum absolute atomic E-state index is 15.2. The second kappa shape index (κ2) is 9.13. The summed E-state index contributed by atoms with van der Waals surface area (Å²) in [5, 5.41) is 10.7. The highest BCUT2D eigenvalue weighted by atomic mass is 31.2. The molecule has 0 unspecified atom stereocenters. The molecule has 0 bridgehead atoms. The van der Waals surface area contributed by atoms with Gasteiger partial charge in [-0.15, -0.1) is 0 Å². The fourth-order valence-electron chi connectivity index (χ4n) is 6.77. The van der Waals surface area contributed by atoms with Crippen molar-refractivity contribution in [1.29, 1.82) is 0 Å². The van der Waals surface area contributed by atoms with Gasteiger partial charge in [0.1, 0.15) is 5.65 Å². The predicted molar refractivity (Wildman–Crippen MR) is 182 cm³/mol. The van der Waals surface area contributed by atoms with Gasteiger partial charge >= 0.3 is 0 Å². The Morgan fingerprint density at radius 2 is 1.09 bits per heavy atom. The van der Waals surface area contributed by atoms with Crippen LogP contribution in [0.2, 0.25) is 0 Å². The lowest BCUT2D eigenvalue weighted by atomic mass is 9.98. The van der Waals surface area contributed by atoms with E-state index in [1.54, 1.807) is 0 Å². The average Bonchev–Trinajstić information content (AvgIpc) is 3.47. The summed E-state index contributed by atoms with van der Waals surface area (Å²) in [6.07, 6.45) is 0. The minimum absolute atomic E-state index is 0.782.